The van der Waals surface area contributed by atoms with E-state index < -0.39 is 6.10 Å². The second-order valence-electron chi connectivity index (χ2n) is 5.75. The lowest BCUT2D eigenvalue weighted by Gasteiger charge is -2.32. The molecule has 2 aliphatic rings. The highest BCUT2D eigenvalue weighted by Gasteiger charge is 2.29. The molecule has 1 atom stereocenters. The van der Waals surface area contributed by atoms with Gasteiger partial charge >= 0.3 is 0 Å². The van der Waals surface area contributed by atoms with Crippen LogP contribution in [0.1, 0.15) is 28.4 Å². The van der Waals surface area contributed by atoms with Crippen LogP contribution < -0.4 is 19.1 Å². The summed E-state index contributed by atoms with van der Waals surface area (Å²) in [7, 11) is 1.58. The first-order chi connectivity index (χ1) is 11.7. The molecule has 1 N–H and O–H groups in total. The van der Waals surface area contributed by atoms with Crippen molar-refractivity contribution >= 4 is 11.6 Å². The number of rotatable bonds is 2. The summed E-state index contributed by atoms with van der Waals surface area (Å²) in [5.41, 5.74) is 1.93. The third kappa shape index (κ3) is 2.35. The third-order valence-electron chi connectivity index (χ3n) is 4.38. The quantitative estimate of drug-likeness (QED) is 0.918. The molecular weight excluding hydrogens is 310 g/mol. The molecule has 0 saturated heterocycles. The van der Waals surface area contributed by atoms with E-state index in [1.165, 1.54) is 0 Å². The molecule has 2 heterocycles. The maximum atomic E-state index is 12.9. The zero-order chi connectivity index (χ0) is 16.7. The lowest BCUT2D eigenvalue weighted by atomic mass is 9.97. The van der Waals surface area contributed by atoms with Gasteiger partial charge in [0.05, 0.1) is 18.9 Å². The minimum Gasteiger partial charge on any atom is -0.497 e. The van der Waals surface area contributed by atoms with E-state index in [0.717, 1.165) is 0 Å². The molecule has 0 saturated carbocycles. The highest BCUT2D eigenvalue weighted by Crippen LogP contribution is 2.38. The van der Waals surface area contributed by atoms with E-state index in [1.807, 2.05) is 0 Å². The number of ether oxygens (including phenoxy) is 3. The number of hydrogen-bond acceptors (Lipinski definition) is 5. The van der Waals surface area contributed by atoms with Crippen molar-refractivity contribution < 1.29 is 24.1 Å². The Kier molecular flexibility index (Phi) is 3.54. The van der Waals surface area contributed by atoms with Crippen molar-refractivity contribution in [1.29, 1.82) is 0 Å². The number of amides is 1. The fourth-order valence-corrected chi connectivity index (χ4v) is 3.10. The highest BCUT2D eigenvalue weighted by atomic mass is 16.7. The second kappa shape index (κ2) is 5.72. The SMILES string of the molecule is COc1ccc2c(c1)C(O)CCN2C(=O)c1ccc2c(c1)OCO2. The molecule has 24 heavy (non-hydrogen) atoms. The number of fused-ring (bicyclic) bond motifs is 2. The second-order valence-corrected chi connectivity index (χ2v) is 5.75. The van der Waals surface area contributed by atoms with Crippen molar-refractivity contribution in [2.75, 3.05) is 25.3 Å². The Hall–Kier alpha value is -2.73. The number of carbonyl (C=O) groups is 1. The predicted octanol–water partition coefficient (Wildman–Crippen LogP) is 2.51. The standard InChI is InChI=1S/C18H17NO5/c1-22-12-3-4-14-13(9-12)15(20)6-7-19(14)18(21)11-2-5-16-17(8-11)24-10-23-16/h2-5,8-9,15,20H,6-7,10H2,1H3. The van der Waals surface area contributed by atoms with Crippen LogP contribution in [0.4, 0.5) is 5.69 Å². The van der Waals surface area contributed by atoms with E-state index in [4.69, 9.17) is 14.2 Å². The summed E-state index contributed by atoms with van der Waals surface area (Å²) in [6.45, 7) is 0.624. The number of benzene rings is 2. The van der Waals surface area contributed by atoms with Crippen LogP contribution in [0.25, 0.3) is 0 Å². The van der Waals surface area contributed by atoms with Crippen LogP contribution in [0.15, 0.2) is 36.4 Å². The molecule has 6 nitrogen and oxygen atoms in total. The average Bonchev–Trinajstić information content (AvgIpc) is 3.09. The first-order valence-electron chi connectivity index (χ1n) is 7.75. The number of hydrogen-bond donors (Lipinski definition) is 1. The largest absolute Gasteiger partial charge is 0.497 e. The lowest BCUT2D eigenvalue weighted by molar-refractivity contribution is 0.0970. The molecule has 1 amide bonds. The number of aliphatic hydroxyl groups excluding tert-OH is 1. The highest BCUT2D eigenvalue weighted by molar-refractivity contribution is 6.07. The fraction of sp³-hybridized carbons (Fsp3) is 0.278. The Morgan fingerprint density at radius 3 is 2.88 bits per heavy atom. The maximum absolute atomic E-state index is 12.9. The molecule has 6 heteroatoms. The molecule has 0 bridgehead atoms. The van der Waals surface area contributed by atoms with Crippen molar-refractivity contribution in [1.82, 2.24) is 0 Å². The molecular formula is C18H17NO5. The van der Waals surface area contributed by atoms with Gasteiger partial charge in [0.2, 0.25) is 6.79 Å². The molecule has 2 aliphatic heterocycles. The Morgan fingerprint density at radius 2 is 2.04 bits per heavy atom. The summed E-state index contributed by atoms with van der Waals surface area (Å²) in [6.07, 6.45) is -0.118. The third-order valence-corrected chi connectivity index (χ3v) is 4.38. The predicted molar refractivity (Wildman–Crippen MR) is 86.8 cm³/mol. The number of anilines is 1. The topological polar surface area (TPSA) is 68.2 Å². The van der Waals surface area contributed by atoms with Gasteiger partial charge in [-0.2, -0.15) is 0 Å². The van der Waals surface area contributed by atoms with E-state index in [9.17, 15) is 9.90 Å². The number of nitrogens with zero attached hydrogens (tertiary/aromatic N) is 1. The van der Waals surface area contributed by atoms with Crippen LogP contribution in [0.5, 0.6) is 17.2 Å². The van der Waals surface area contributed by atoms with Crippen molar-refractivity contribution in [2.24, 2.45) is 0 Å². The van der Waals surface area contributed by atoms with Crippen LogP contribution in [0.3, 0.4) is 0 Å². The van der Waals surface area contributed by atoms with Gasteiger partial charge in [-0.05, 0) is 42.8 Å². The molecule has 0 fully saturated rings. The molecule has 2 aromatic rings. The molecule has 2 aromatic carbocycles. The molecule has 0 aromatic heterocycles. The number of methoxy groups -OCH3 is 1. The van der Waals surface area contributed by atoms with Crippen LogP contribution in [-0.4, -0.2) is 31.5 Å². The van der Waals surface area contributed by atoms with Gasteiger partial charge in [0.1, 0.15) is 5.75 Å². The van der Waals surface area contributed by atoms with Crippen molar-refractivity contribution in [3.63, 3.8) is 0 Å². The van der Waals surface area contributed by atoms with E-state index in [0.29, 0.717) is 47.0 Å². The van der Waals surface area contributed by atoms with Crippen molar-refractivity contribution in [2.45, 2.75) is 12.5 Å². The van der Waals surface area contributed by atoms with Gasteiger partial charge in [0.15, 0.2) is 11.5 Å². The average molecular weight is 327 g/mol. The van der Waals surface area contributed by atoms with Crippen LogP contribution >= 0.6 is 0 Å². The Bertz CT molecular complexity index is 804. The summed E-state index contributed by atoms with van der Waals surface area (Å²) >= 11 is 0. The molecule has 0 radical (unpaired) electrons. The normalized spacial score (nSPS) is 18.2. The van der Waals surface area contributed by atoms with E-state index in [1.54, 1.807) is 48.4 Å². The number of carbonyl (C=O) groups excluding carboxylic acids is 1. The van der Waals surface area contributed by atoms with Crippen LogP contribution in [-0.2, 0) is 0 Å². The molecule has 0 spiro atoms. The smallest absolute Gasteiger partial charge is 0.258 e. The van der Waals surface area contributed by atoms with Gasteiger partial charge in [0, 0.05) is 17.7 Å². The summed E-state index contributed by atoms with van der Waals surface area (Å²) in [5.74, 6) is 1.75. The van der Waals surface area contributed by atoms with Gasteiger partial charge in [-0.25, -0.2) is 0 Å². The summed E-state index contributed by atoms with van der Waals surface area (Å²) < 4.78 is 15.8. The molecule has 124 valence electrons. The van der Waals surface area contributed by atoms with Gasteiger partial charge in [-0.3, -0.25) is 4.79 Å². The Labute approximate surface area is 139 Å². The van der Waals surface area contributed by atoms with Crippen LogP contribution in [0.2, 0.25) is 0 Å². The Balaban J connectivity index is 1.70. The van der Waals surface area contributed by atoms with Crippen LogP contribution in [0, 0.1) is 0 Å². The first kappa shape index (κ1) is 14.8. The Morgan fingerprint density at radius 1 is 1.21 bits per heavy atom. The fourth-order valence-electron chi connectivity index (χ4n) is 3.10. The minimum absolute atomic E-state index is 0.133. The summed E-state index contributed by atoms with van der Waals surface area (Å²) in [4.78, 5) is 14.6. The van der Waals surface area contributed by atoms with Crippen molar-refractivity contribution in [3.05, 3.63) is 47.5 Å². The monoisotopic (exact) mass is 327 g/mol. The van der Waals surface area contributed by atoms with Gasteiger partial charge < -0.3 is 24.2 Å². The zero-order valence-electron chi connectivity index (χ0n) is 13.2. The first-order valence-corrected chi connectivity index (χ1v) is 7.75. The number of aliphatic hydroxyl groups is 1. The van der Waals surface area contributed by atoms with Gasteiger partial charge in [0.25, 0.3) is 5.91 Å². The molecule has 4 rings (SSSR count). The summed E-state index contributed by atoms with van der Waals surface area (Å²) in [5, 5.41) is 10.2. The molecule has 1 unspecified atom stereocenters. The van der Waals surface area contributed by atoms with Gasteiger partial charge in [-0.15, -0.1) is 0 Å². The maximum Gasteiger partial charge on any atom is 0.258 e. The van der Waals surface area contributed by atoms with Crippen molar-refractivity contribution in [3.8, 4) is 17.2 Å². The van der Waals surface area contributed by atoms with E-state index in [-0.39, 0.29) is 12.7 Å². The van der Waals surface area contributed by atoms with E-state index >= 15 is 0 Å². The molecule has 0 aliphatic carbocycles. The van der Waals surface area contributed by atoms with E-state index in [2.05, 4.69) is 0 Å². The minimum atomic E-state index is -0.601. The summed E-state index contributed by atoms with van der Waals surface area (Å²) in [6, 6.07) is 10.5. The lowest BCUT2D eigenvalue weighted by Crippen LogP contribution is -2.36. The zero-order valence-corrected chi connectivity index (χ0v) is 13.2. The van der Waals surface area contributed by atoms with Gasteiger partial charge in [-0.1, -0.05) is 0 Å².